The highest BCUT2D eigenvalue weighted by Crippen LogP contribution is 2.33. The van der Waals surface area contributed by atoms with E-state index in [2.05, 4.69) is 24.1 Å². The van der Waals surface area contributed by atoms with Gasteiger partial charge >= 0.3 is 0 Å². The third kappa shape index (κ3) is 3.40. The molecule has 0 bridgehead atoms. The second-order valence-electron chi connectivity index (χ2n) is 5.81. The minimum Gasteiger partial charge on any atom is -0.399 e. The number of piperidine rings is 1. The van der Waals surface area contributed by atoms with Gasteiger partial charge in [-0.1, -0.05) is 13.8 Å². The molecule has 0 saturated carbocycles. The van der Waals surface area contributed by atoms with Gasteiger partial charge in [0, 0.05) is 25.7 Å². The zero-order valence-electron chi connectivity index (χ0n) is 11.9. The van der Waals surface area contributed by atoms with E-state index in [4.69, 9.17) is 5.73 Å². The van der Waals surface area contributed by atoms with E-state index in [0.29, 0.717) is 17.5 Å². The van der Waals surface area contributed by atoms with Crippen LogP contribution in [0.5, 0.6) is 0 Å². The van der Waals surface area contributed by atoms with Crippen LogP contribution in [-0.2, 0) is 4.79 Å². The number of amides is 1. The lowest BCUT2D eigenvalue weighted by molar-refractivity contribution is -0.114. The van der Waals surface area contributed by atoms with Crippen molar-refractivity contribution in [3.63, 3.8) is 0 Å². The molecule has 4 heteroatoms. The number of nitrogens with one attached hydrogen (secondary N) is 1. The van der Waals surface area contributed by atoms with Crippen molar-refractivity contribution in [3.05, 3.63) is 18.2 Å². The first-order chi connectivity index (χ1) is 8.95. The fourth-order valence-electron chi connectivity index (χ4n) is 2.98. The topological polar surface area (TPSA) is 58.4 Å². The first kappa shape index (κ1) is 13.7. The van der Waals surface area contributed by atoms with Crippen LogP contribution in [0, 0.1) is 11.8 Å². The summed E-state index contributed by atoms with van der Waals surface area (Å²) in [5, 5.41) is 2.88. The molecule has 0 aromatic heterocycles. The van der Waals surface area contributed by atoms with Crippen LogP contribution in [0.2, 0.25) is 0 Å². The number of nitrogens with zero attached hydrogens (tertiary/aromatic N) is 1. The van der Waals surface area contributed by atoms with E-state index in [1.54, 1.807) is 0 Å². The summed E-state index contributed by atoms with van der Waals surface area (Å²) in [4.78, 5) is 13.7. The zero-order valence-corrected chi connectivity index (χ0v) is 11.9. The molecular weight excluding hydrogens is 238 g/mol. The van der Waals surface area contributed by atoms with Gasteiger partial charge in [0.15, 0.2) is 0 Å². The average Bonchev–Trinajstić information content (AvgIpc) is 2.26. The van der Waals surface area contributed by atoms with Crippen LogP contribution >= 0.6 is 0 Å². The highest BCUT2D eigenvalue weighted by Gasteiger charge is 2.23. The smallest absolute Gasteiger partial charge is 0.221 e. The summed E-state index contributed by atoms with van der Waals surface area (Å²) in [6, 6.07) is 5.73. The number of anilines is 3. The molecule has 1 aromatic carbocycles. The van der Waals surface area contributed by atoms with Crippen LogP contribution in [0.4, 0.5) is 17.1 Å². The van der Waals surface area contributed by atoms with Crippen molar-refractivity contribution in [1.29, 1.82) is 0 Å². The largest absolute Gasteiger partial charge is 0.399 e. The number of nitrogens with two attached hydrogens (primary N) is 1. The van der Waals surface area contributed by atoms with Gasteiger partial charge in [-0.15, -0.1) is 0 Å². The van der Waals surface area contributed by atoms with Gasteiger partial charge in [-0.05, 0) is 36.5 Å². The molecule has 4 nitrogen and oxygen atoms in total. The molecule has 1 heterocycles. The predicted molar refractivity (Wildman–Crippen MR) is 80.3 cm³/mol. The monoisotopic (exact) mass is 261 g/mol. The highest BCUT2D eigenvalue weighted by molar-refractivity contribution is 5.93. The van der Waals surface area contributed by atoms with Crippen molar-refractivity contribution in [2.45, 2.75) is 27.2 Å². The third-order valence-corrected chi connectivity index (χ3v) is 3.54. The predicted octanol–water partition coefficient (Wildman–Crippen LogP) is 2.71. The summed E-state index contributed by atoms with van der Waals surface area (Å²) in [5.41, 5.74) is 8.38. The van der Waals surface area contributed by atoms with E-state index in [1.165, 1.54) is 13.3 Å². The van der Waals surface area contributed by atoms with Gasteiger partial charge in [0.2, 0.25) is 5.91 Å². The lowest BCUT2D eigenvalue weighted by atomic mass is 9.91. The van der Waals surface area contributed by atoms with E-state index in [1.807, 2.05) is 18.2 Å². The van der Waals surface area contributed by atoms with Crippen molar-refractivity contribution in [1.82, 2.24) is 0 Å². The Bertz CT molecular complexity index is 462. The summed E-state index contributed by atoms with van der Waals surface area (Å²) in [5.74, 6) is 1.28. The molecule has 1 amide bonds. The maximum Gasteiger partial charge on any atom is 0.221 e. The molecule has 1 saturated heterocycles. The number of carbonyl (C=O) groups is 1. The van der Waals surface area contributed by atoms with E-state index in [0.717, 1.165) is 24.5 Å². The molecule has 1 fully saturated rings. The minimum atomic E-state index is -0.0649. The molecule has 1 aromatic rings. The number of hydrogen-bond donors (Lipinski definition) is 2. The number of carbonyl (C=O) groups excluding carboxylic acids is 1. The van der Waals surface area contributed by atoms with Crippen molar-refractivity contribution >= 4 is 23.0 Å². The third-order valence-electron chi connectivity index (χ3n) is 3.54. The molecule has 3 N–H and O–H groups in total. The summed E-state index contributed by atoms with van der Waals surface area (Å²) in [7, 11) is 0. The fraction of sp³-hybridized carbons (Fsp3) is 0.533. The number of hydrogen-bond acceptors (Lipinski definition) is 3. The molecule has 1 aliphatic rings. The molecule has 104 valence electrons. The maximum absolute atomic E-state index is 11.3. The van der Waals surface area contributed by atoms with Gasteiger partial charge < -0.3 is 16.0 Å². The summed E-state index contributed by atoms with van der Waals surface area (Å²) in [6.07, 6.45) is 1.26. The Morgan fingerprint density at radius 2 is 1.95 bits per heavy atom. The summed E-state index contributed by atoms with van der Waals surface area (Å²) < 4.78 is 0. The number of benzene rings is 1. The summed E-state index contributed by atoms with van der Waals surface area (Å²) >= 11 is 0. The van der Waals surface area contributed by atoms with Crippen molar-refractivity contribution in [3.8, 4) is 0 Å². The molecular formula is C15H23N3O. The van der Waals surface area contributed by atoms with Crippen LogP contribution in [0.1, 0.15) is 27.2 Å². The lowest BCUT2D eigenvalue weighted by Crippen LogP contribution is -2.39. The van der Waals surface area contributed by atoms with Crippen molar-refractivity contribution in [2.75, 3.05) is 29.0 Å². The average molecular weight is 261 g/mol. The Balaban J connectivity index is 2.29. The molecule has 19 heavy (non-hydrogen) atoms. The molecule has 0 radical (unpaired) electrons. The van der Waals surface area contributed by atoms with Gasteiger partial charge in [0.25, 0.3) is 0 Å². The fourth-order valence-corrected chi connectivity index (χ4v) is 2.98. The molecule has 0 spiro atoms. The summed E-state index contributed by atoms with van der Waals surface area (Å²) in [6.45, 7) is 8.13. The van der Waals surface area contributed by atoms with E-state index in [9.17, 15) is 4.79 Å². The van der Waals surface area contributed by atoms with Gasteiger partial charge in [-0.3, -0.25) is 4.79 Å². The normalized spacial score (nSPS) is 23.2. The highest BCUT2D eigenvalue weighted by atomic mass is 16.1. The quantitative estimate of drug-likeness (QED) is 0.805. The first-order valence-corrected chi connectivity index (χ1v) is 6.87. The zero-order chi connectivity index (χ0) is 14.0. The number of nitrogen functional groups attached to an aromatic ring is 1. The maximum atomic E-state index is 11.3. The lowest BCUT2D eigenvalue weighted by Gasteiger charge is -2.37. The van der Waals surface area contributed by atoms with Crippen molar-refractivity contribution in [2.24, 2.45) is 11.8 Å². The molecule has 0 aliphatic carbocycles. The van der Waals surface area contributed by atoms with Crippen LogP contribution in [0.3, 0.4) is 0 Å². The molecule has 2 rings (SSSR count). The SMILES string of the molecule is CC(=O)Nc1cc(N)ccc1N1CC(C)CC(C)C1. The Hall–Kier alpha value is -1.71. The van der Waals surface area contributed by atoms with Crippen molar-refractivity contribution < 1.29 is 4.79 Å². The van der Waals surface area contributed by atoms with Gasteiger partial charge in [-0.25, -0.2) is 0 Å². The second-order valence-corrected chi connectivity index (χ2v) is 5.81. The van der Waals surface area contributed by atoms with Gasteiger partial charge in [-0.2, -0.15) is 0 Å². The van der Waals surface area contributed by atoms with Gasteiger partial charge in [0.1, 0.15) is 0 Å². The first-order valence-electron chi connectivity index (χ1n) is 6.87. The Morgan fingerprint density at radius 1 is 1.32 bits per heavy atom. The molecule has 2 atom stereocenters. The van der Waals surface area contributed by atoms with Crippen LogP contribution < -0.4 is 16.0 Å². The molecule has 1 aliphatic heterocycles. The Morgan fingerprint density at radius 3 is 2.53 bits per heavy atom. The van der Waals surface area contributed by atoms with Crippen LogP contribution in [0.25, 0.3) is 0 Å². The number of rotatable bonds is 2. The Labute approximate surface area is 115 Å². The van der Waals surface area contributed by atoms with Gasteiger partial charge in [0.05, 0.1) is 11.4 Å². The molecule has 2 unspecified atom stereocenters. The van der Waals surface area contributed by atoms with E-state index < -0.39 is 0 Å². The standard InChI is InChI=1S/C15H23N3O/c1-10-6-11(2)9-18(8-10)15-5-4-13(16)7-14(15)17-12(3)19/h4-5,7,10-11H,6,8-9,16H2,1-3H3,(H,17,19). The van der Waals surface area contributed by atoms with E-state index >= 15 is 0 Å². The van der Waals surface area contributed by atoms with Crippen LogP contribution in [0.15, 0.2) is 18.2 Å². The minimum absolute atomic E-state index is 0.0649. The van der Waals surface area contributed by atoms with Crippen LogP contribution in [-0.4, -0.2) is 19.0 Å². The van der Waals surface area contributed by atoms with E-state index in [-0.39, 0.29) is 5.91 Å². The second kappa shape index (κ2) is 5.51. The Kier molecular flexibility index (Phi) is 3.98.